The van der Waals surface area contributed by atoms with Gasteiger partial charge < -0.3 is 5.11 Å². The summed E-state index contributed by atoms with van der Waals surface area (Å²) < 4.78 is 13.4. The molecule has 0 amide bonds. The highest BCUT2D eigenvalue weighted by Gasteiger charge is 2.12. The maximum atomic E-state index is 13.4. The van der Waals surface area contributed by atoms with Gasteiger partial charge in [0.2, 0.25) is 0 Å². The van der Waals surface area contributed by atoms with E-state index in [9.17, 15) is 9.50 Å². The van der Waals surface area contributed by atoms with Crippen LogP contribution in [0.15, 0.2) is 18.2 Å². The standard InChI is InChI=1S/C13H14FNO/c1-7-4-8(2)15-13-11(7)5-10(14)6-12(13)9(3)16/h4-6,9,16H,1-3H3. The van der Waals surface area contributed by atoms with Gasteiger partial charge in [-0.05, 0) is 44.5 Å². The van der Waals surface area contributed by atoms with Crippen LogP contribution >= 0.6 is 0 Å². The van der Waals surface area contributed by atoms with Crippen molar-refractivity contribution in [3.63, 3.8) is 0 Å². The van der Waals surface area contributed by atoms with E-state index in [2.05, 4.69) is 4.98 Å². The van der Waals surface area contributed by atoms with Gasteiger partial charge in [-0.1, -0.05) is 0 Å². The van der Waals surface area contributed by atoms with E-state index in [-0.39, 0.29) is 5.82 Å². The van der Waals surface area contributed by atoms with E-state index < -0.39 is 6.10 Å². The lowest BCUT2D eigenvalue weighted by atomic mass is 10.0. The van der Waals surface area contributed by atoms with E-state index >= 15 is 0 Å². The Kier molecular flexibility index (Phi) is 2.64. The fourth-order valence-electron chi connectivity index (χ4n) is 1.96. The Morgan fingerprint density at radius 2 is 1.94 bits per heavy atom. The predicted octanol–water partition coefficient (Wildman–Crippen LogP) is 3.04. The van der Waals surface area contributed by atoms with Crippen molar-refractivity contribution < 1.29 is 9.50 Å². The molecule has 1 atom stereocenters. The third kappa shape index (κ3) is 1.78. The molecule has 84 valence electrons. The lowest BCUT2D eigenvalue weighted by molar-refractivity contribution is 0.200. The first-order valence-corrected chi connectivity index (χ1v) is 5.24. The first kappa shape index (κ1) is 11.0. The molecule has 2 nitrogen and oxygen atoms in total. The van der Waals surface area contributed by atoms with E-state index in [1.807, 2.05) is 19.9 Å². The van der Waals surface area contributed by atoms with E-state index in [1.54, 1.807) is 6.92 Å². The molecule has 0 aliphatic rings. The van der Waals surface area contributed by atoms with Crippen molar-refractivity contribution in [3.05, 3.63) is 40.8 Å². The van der Waals surface area contributed by atoms with Crippen LogP contribution in [0.25, 0.3) is 10.9 Å². The first-order chi connectivity index (χ1) is 7.49. The fourth-order valence-corrected chi connectivity index (χ4v) is 1.96. The molecule has 1 aromatic heterocycles. The quantitative estimate of drug-likeness (QED) is 0.799. The molecule has 0 bridgehead atoms. The highest BCUT2D eigenvalue weighted by molar-refractivity contribution is 5.85. The Morgan fingerprint density at radius 1 is 1.25 bits per heavy atom. The van der Waals surface area contributed by atoms with Gasteiger partial charge in [-0.15, -0.1) is 0 Å². The van der Waals surface area contributed by atoms with Crippen molar-refractivity contribution in [1.82, 2.24) is 4.98 Å². The minimum atomic E-state index is -0.716. The highest BCUT2D eigenvalue weighted by atomic mass is 19.1. The van der Waals surface area contributed by atoms with Crippen LogP contribution in [-0.2, 0) is 0 Å². The van der Waals surface area contributed by atoms with Gasteiger partial charge in [0.25, 0.3) is 0 Å². The molecule has 1 N–H and O–H groups in total. The molecule has 1 unspecified atom stereocenters. The van der Waals surface area contributed by atoms with Crippen LogP contribution in [0.5, 0.6) is 0 Å². The number of aliphatic hydroxyl groups is 1. The Balaban J connectivity index is 2.89. The van der Waals surface area contributed by atoms with E-state index in [4.69, 9.17) is 0 Å². The Hall–Kier alpha value is -1.48. The first-order valence-electron chi connectivity index (χ1n) is 5.24. The second kappa shape index (κ2) is 3.83. The molecule has 0 saturated heterocycles. The lowest BCUT2D eigenvalue weighted by Crippen LogP contribution is -1.98. The number of aromatic nitrogens is 1. The molecule has 1 aromatic carbocycles. The molecule has 2 rings (SSSR count). The van der Waals surface area contributed by atoms with Crippen LogP contribution in [0.3, 0.4) is 0 Å². The van der Waals surface area contributed by atoms with Gasteiger partial charge in [0.05, 0.1) is 11.6 Å². The maximum Gasteiger partial charge on any atom is 0.124 e. The Labute approximate surface area is 93.8 Å². The van der Waals surface area contributed by atoms with Gasteiger partial charge in [-0.2, -0.15) is 0 Å². The Bertz CT molecular complexity index is 549. The zero-order valence-electron chi connectivity index (χ0n) is 9.58. The van der Waals surface area contributed by atoms with Crippen molar-refractivity contribution in [2.75, 3.05) is 0 Å². The summed E-state index contributed by atoms with van der Waals surface area (Å²) in [5.74, 6) is -0.336. The van der Waals surface area contributed by atoms with Crippen LogP contribution in [0.2, 0.25) is 0 Å². The molecule has 0 radical (unpaired) electrons. The number of aliphatic hydroxyl groups excluding tert-OH is 1. The van der Waals surface area contributed by atoms with Crippen molar-refractivity contribution in [2.24, 2.45) is 0 Å². The zero-order chi connectivity index (χ0) is 11.9. The van der Waals surface area contributed by atoms with Crippen LogP contribution in [0.4, 0.5) is 4.39 Å². The summed E-state index contributed by atoms with van der Waals surface area (Å²) in [7, 11) is 0. The van der Waals surface area contributed by atoms with Crippen LogP contribution < -0.4 is 0 Å². The van der Waals surface area contributed by atoms with Gasteiger partial charge in [-0.3, -0.25) is 4.98 Å². The molecule has 0 saturated carbocycles. The van der Waals surface area contributed by atoms with Crippen molar-refractivity contribution in [3.8, 4) is 0 Å². The third-order valence-electron chi connectivity index (χ3n) is 2.69. The van der Waals surface area contributed by atoms with E-state index in [0.717, 1.165) is 16.6 Å². The molecule has 3 heteroatoms. The molecule has 2 aromatic rings. The number of fused-ring (bicyclic) bond motifs is 1. The average Bonchev–Trinajstić information content (AvgIpc) is 2.18. The van der Waals surface area contributed by atoms with Crippen LogP contribution in [-0.4, -0.2) is 10.1 Å². The average molecular weight is 219 g/mol. The van der Waals surface area contributed by atoms with Crippen LogP contribution in [0.1, 0.15) is 29.8 Å². The van der Waals surface area contributed by atoms with E-state index in [0.29, 0.717) is 11.1 Å². The van der Waals surface area contributed by atoms with Crippen molar-refractivity contribution >= 4 is 10.9 Å². The number of nitrogens with zero attached hydrogens (tertiary/aromatic N) is 1. The molecular formula is C13H14FNO. The predicted molar refractivity (Wildman–Crippen MR) is 61.8 cm³/mol. The number of pyridine rings is 1. The van der Waals surface area contributed by atoms with Crippen molar-refractivity contribution in [2.45, 2.75) is 26.9 Å². The largest absolute Gasteiger partial charge is 0.389 e. The van der Waals surface area contributed by atoms with Crippen LogP contribution in [0, 0.1) is 19.7 Å². The number of rotatable bonds is 1. The maximum absolute atomic E-state index is 13.4. The van der Waals surface area contributed by atoms with Crippen molar-refractivity contribution in [1.29, 1.82) is 0 Å². The molecule has 0 aliphatic carbocycles. The third-order valence-corrected chi connectivity index (χ3v) is 2.69. The summed E-state index contributed by atoms with van der Waals surface area (Å²) in [6.07, 6.45) is -0.716. The van der Waals surface area contributed by atoms with Gasteiger partial charge >= 0.3 is 0 Å². The molecule has 1 heterocycles. The van der Waals surface area contributed by atoms with E-state index in [1.165, 1.54) is 12.1 Å². The molecular weight excluding hydrogens is 205 g/mol. The number of halogens is 1. The topological polar surface area (TPSA) is 33.1 Å². The summed E-state index contributed by atoms with van der Waals surface area (Å²) >= 11 is 0. The monoisotopic (exact) mass is 219 g/mol. The SMILES string of the molecule is Cc1cc(C)c2cc(F)cc(C(C)O)c2n1. The van der Waals surface area contributed by atoms with Gasteiger partial charge in [0, 0.05) is 16.6 Å². The summed E-state index contributed by atoms with van der Waals surface area (Å²) in [5, 5.41) is 10.4. The molecule has 0 fully saturated rings. The van der Waals surface area contributed by atoms with Gasteiger partial charge in [-0.25, -0.2) is 4.39 Å². The minimum Gasteiger partial charge on any atom is -0.389 e. The minimum absolute atomic E-state index is 0.336. The highest BCUT2D eigenvalue weighted by Crippen LogP contribution is 2.26. The smallest absolute Gasteiger partial charge is 0.124 e. The number of hydrogen-bond donors (Lipinski definition) is 1. The number of benzene rings is 1. The lowest BCUT2D eigenvalue weighted by Gasteiger charge is -2.11. The Morgan fingerprint density at radius 3 is 2.56 bits per heavy atom. The van der Waals surface area contributed by atoms with Gasteiger partial charge in [0.1, 0.15) is 5.82 Å². The summed E-state index contributed by atoms with van der Waals surface area (Å²) in [5.41, 5.74) is 3.08. The number of aryl methyl sites for hydroxylation is 2. The molecule has 0 aliphatic heterocycles. The second-order valence-corrected chi connectivity index (χ2v) is 4.15. The normalized spacial score (nSPS) is 13.1. The second-order valence-electron chi connectivity index (χ2n) is 4.15. The summed E-state index contributed by atoms with van der Waals surface area (Å²) in [6, 6.07) is 4.72. The number of hydrogen-bond acceptors (Lipinski definition) is 2. The molecule has 0 spiro atoms. The zero-order valence-corrected chi connectivity index (χ0v) is 9.58. The summed E-state index contributed by atoms with van der Waals surface area (Å²) in [4.78, 5) is 4.37. The molecule has 16 heavy (non-hydrogen) atoms. The summed E-state index contributed by atoms with van der Waals surface area (Å²) in [6.45, 7) is 5.43. The fraction of sp³-hybridized carbons (Fsp3) is 0.308. The van der Waals surface area contributed by atoms with Gasteiger partial charge in [0.15, 0.2) is 0 Å².